The summed E-state index contributed by atoms with van der Waals surface area (Å²) in [4.78, 5) is 31.0. The number of nitrogens with one attached hydrogen (secondary N) is 2. The zero-order chi connectivity index (χ0) is 23.7. The van der Waals surface area contributed by atoms with E-state index >= 15 is 0 Å². The molecule has 0 saturated carbocycles. The van der Waals surface area contributed by atoms with Crippen LogP contribution in [0.4, 0.5) is 8.78 Å². The first-order valence-corrected chi connectivity index (χ1v) is 10.6. The van der Waals surface area contributed by atoms with E-state index in [9.17, 15) is 18.4 Å². The van der Waals surface area contributed by atoms with Crippen LogP contribution in [0.3, 0.4) is 0 Å². The molecule has 174 valence electrons. The van der Waals surface area contributed by atoms with Crippen molar-refractivity contribution in [3.8, 4) is 11.5 Å². The summed E-state index contributed by atoms with van der Waals surface area (Å²) in [5.41, 5.74) is 1.23. The van der Waals surface area contributed by atoms with Gasteiger partial charge in [-0.15, -0.1) is 0 Å². The smallest absolute Gasteiger partial charge is 0.269 e. The van der Waals surface area contributed by atoms with Gasteiger partial charge in [-0.05, 0) is 31.5 Å². The van der Waals surface area contributed by atoms with Crippen LogP contribution >= 0.6 is 0 Å². The summed E-state index contributed by atoms with van der Waals surface area (Å²) in [6.45, 7) is 4.22. The molecule has 3 aromatic rings. The molecule has 0 spiro atoms. The summed E-state index contributed by atoms with van der Waals surface area (Å²) in [5.74, 6) is -1.88. The summed E-state index contributed by atoms with van der Waals surface area (Å²) in [5, 5.41) is 11.7. The Balaban J connectivity index is 0.000000185. The lowest BCUT2D eigenvalue weighted by Gasteiger charge is -2.38. The zero-order valence-electron chi connectivity index (χ0n) is 18.2. The lowest BCUT2D eigenvalue weighted by atomic mass is 10.0. The molecule has 1 aromatic carbocycles. The Morgan fingerprint density at radius 2 is 2.12 bits per heavy atom. The number of aromatic hydroxyl groups is 1. The number of carbonyl (C=O) groups is 1. The molecule has 4 heterocycles. The first-order chi connectivity index (χ1) is 15.8. The molecule has 1 fully saturated rings. The molecule has 2 aromatic heterocycles. The van der Waals surface area contributed by atoms with Gasteiger partial charge in [-0.1, -0.05) is 6.07 Å². The minimum Gasteiger partial charge on any atom is -0.504 e. The van der Waals surface area contributed by atoms with Crippen molar-refractivity contribution in [2.24, 2.45) is 0 Å². The second-order valence-electron chi connectivity index (χ2n) is 8.02. The van der Waals surface area contributed by atoms with Gasteiger partial charge in [0, 0.05) is 43.5 Å². The monoisotopic (exact) mass is 458 g/mol. The molecular formula is C23H24F2N4O4. The van der Waals surface area contributed by atoms with Gasteiger partial charge in [0.25, 0.3) is 17.4 Å². The molecule has 1 amide bonds. The SMILES string of the molecule is CC1CCN1Cc1ccc2c3c(c(=O)[nH]c2c1F)CCO3.CNC(=O)c1ccc(O)c(F)n1. The number of amides is 1. The van der Waals surface area contributed by atoms with Gasteiger partial charge in [0.15, 0.2) is 11.6 Å². The Kier molecular flexibility index (Phi) is 6.28. The van der Waals surface area contributed by atoms with Crippen molar-refractivity contribution in [3.63, 3.8) is 0 Å². The number of aromatic amines is 1. The maximum absolute atomic E-state index is 14.7. The van der Waals surface area contributed by atoms with Crippen molar-refractivity contribution in [1.29, 1.82) is 0 Å². The third kappa shape index (κ3) is 4.38. The zero-order valence-corrected chi connectivity index (χ0v) is 18.2. The number of fused-ring (bicyclic) bond motifs is 3. The van der Waals surface area contributed by atoms with E-state index in [0.29, 0.717) is 47.9 Å². The van der Waals surface area contributed by atoms with E-state index in [0.717, 1.165) is 19.0 Å². The highest BCUT2D eigenvalue weighted by Gasteiger charge is 2.26. The minimum atomic E-state index is -1.05. The van der Waals surface area contributed by atoms with Crippen LogP contribution in [0.2, 0.25) is 0 Å². The van der Waals surface area contributed by atoms with Gasteiger partial charge in [0.05, 0.1) is 17.7 Å². The topological polar surface area (TPSA) is 108 Å². The molecule has 0 bridgehead atoms. The van der Waals surface area contributed by atoms with Crippen molar-refractivity contribution in [3.05, 3.63) is 63.2 Å². The third-order valence-corrected chi connectivity index (χ3v) is 5.97. The lowest BCUT2D eigenvalue weighted by Crippen LogP contribution is -2.44. The predicted octanol–water partition coefficient (Wildman–Crippen LogP) is 2.48. The minimum absolute atomic E-state index is 0.0622. The Morgan fingerprint density at radius 3 is 2.76 bits per heavy atom. The fourth-order valence-electron chi connectivity index (χ4n) is 3.86. The average Bonchev–Trinajstić information content (AvgIpc) is 3.31. The van der Waals surface area contributed by atoms with E-state index in [1.807, 2.05) is 12.1 Å². The largest absolute Gasteiger partial charge is 0.504 e. The molecule has 1 atom stereocenters. The van der Waals surface area contributed by atoms with Gasteiger partial charge in [0.2, 0.25) is 0 Å². The van der Waals surface area contributed by atoms with E-state index in [4.69, 9.17) is 9.84 Å². The molecular weight excluding hydrogens is 434 g/mol. The number of nitrogens with zero attached hydrogens (tertiary/aromatic N) is 2. The van der Waals surface area contributed by atoms with Gasteiger partial charge in [0.1, 0.15) is 11.4 Å². The number of carbonyl (C=O) groups excluding carboxylic acids is 1. The number of pyridine rings is 2. The number of likely N-dealkylation sites (tertiary alicyclic amines) is 1. The van der Waals surface area contributed by atoms with Crippen molar-refractivity contribution in [2.75, 3.05) is 20.2 Å². The van der Waals surface area contributed by atoms with Crippen LogP contribution in [0, 0.1) is 11.8 Å². The number of H-pyrrole nitrogens is 1. The lowest BCUT2D eigenvalue weighted by molar-refractivity contribution is 0.0946. The number of ether oxygens (including phenoxy) is 1. The molecule has 3 N–H and O–H groups in total. The average molecular weight is 458 g/mol. The molecule has 5 rings (SSSR count). The van der Waals surface area contributed by atoms with Crippen LogP contribution in [0.25, 0.3) is 10.9 Å². The number of aromatic nitrogens is 2. The maximum atomic E-state index is 14.7. The molecule has 10 heteroatoms. The third-order valence-electron chi connectivity index (χ3n) is 5.97. The highest BCUT2D eigenvalue weighted by Crippen LogP contribution is 2.33. The summed E-state index contributed by atoms with van der Waals surface area (Å²) < 4.78 is 32.8. The molecule has 8 nitrogen and oxygen atoms in total. The van der Waals surface area contributed by atoms with Crippen molar-refractivity contribution < 1.29 is 23.4 Å². The molecule has 2 aliphatic heterocycles. The number of benzene rings is 1. The van der Waals surface area contributed by atoms with Crippen molar-refractivity contribution in [2.45, 2.75) is 32.4 Å². The normalized spacial score (nSPS) is 16.9. The number of halogens is 2. The molecule has 2 aliphatic rings. The van der Waals surface area contributed by atoms with Crippen LogP contribution in [0.15, 0.2) is 29.1 Å². The standard InChI is InChI=1S/C16H17FN2O2.C7H7FN2O2/c1-9-4-6-19(9)8-10-2-3-11-14(13(10)17)18-16(20)12-5-7-21-15(11)12;1-9-7(12)4-2-3-5(11)6(8)10-4/h2-3,9H,4-8H2,1H3,(H,18,20);2-3,11H,1H3,(H,9,12). The Labute approximate surface area is 188 Å². The van der Waals surface area contributed by atoms with E-state index in [1.165, 1.54) is 13.1 Å². The van der Waals surface area contributed by atoms with Crippen LogP contribution in [0.5, 0.6) is 11.5 Å². The second-order valence-corrected chi connectivity index (χ2v) is 8.02. The second kappa shape index (κ2) is 9.14. The first kappa shape index (κ1) is 22.7. The summed E-state index contributed by atoms with van der Waals surface area (Å²) in [6.07, 6.45) is 1.75. The quantitative estimate of drug-likeness (QED) is 0.521. The molecule has 0 radical (unpaired) electrons. The molecule has 0 aliphatic carbocycles. The summed E-state index contributed by atoms with van der Waals surface area (Å²) in [6, 6.07) is 6.48. The van der Waals surface area contributed by atoms with E-state index in [1.54, 1.807) is 0 Å². The number of hydrogen-bond acceptors (Lipinski definition) is 6. The van der Waals surface area contributed by atoms with Crippen LogP contribution in [-0.4, -0.2) is 52.1 Å². The van der Waals surface area contributed by atoms with E-state index in [-0.39, 0.29) is 22.6 Å². The van der Waals surface area contributed by atoms with Gasteiger partial charge in [-0.25, -0.2) is 9.37 Å². The Hall–Kier alpha value is -3.53. The molecule has 33 heavy (non-hydrogen) atoms. The van der Waals surface area contributed by atoms with E-state index in [2.05, 4.69) is 27.1 Å². The first-order valence-electron chi connectivity index (χ1n) is 10.6. The van der Waals surface area contributed by atoms with Crippen molar-refractivity contribution >= 4 is 16.8 Å². The highest BCUT2D eigenvalue weighted by molar-refractivity contribution is 5.92. The van der Waals surface area contributed by atoms with Gasteiger partial charge >= 0.3 is 0 Å². The van der Waals surface area contributed by atoms with Gasteiger partial charge in [-0.3, -0.25) is 14.5 Å². The molecule has 1 unspecified atom stereocenters. The maximum Gasteiger partial charge on any atom is 0.269 e. The fraction of sp³-hybridized carbons (Fsp3) is 0.348. The van der Waals surface area contributed by atoms with Crippen LogP contribution in [0.1, 0.15) is 35.0 Å². The van der Waals surface area contributed by atoms with E-state index < -0.39 is 17.6 Å². The summed E-state index contributed by atoms with van der Waals surface area (Å²) >= 11 is 0. The van der Waals surface area contributed by atoms with Gasteiger partial charge in [-0.2, -0.15) is 4.39 Å². The number of rotatable bonds is 3. The van der Waals surface area contributed by atoms with Crippen LogP contribution < -0.4 is 15.6 Å². The van der Waals surface area contributed by atoms with Gasteiger partial charge < -0.3 is 20.1 Å². The summed E-state index contributed by atoms with van der Waals surface area (Å²) in [7, 11) is 1.41. The highest BCUT2D eigenvalue weighted by atomic mass is 19.1. The van der Waals surface area contributed by atoms with Crippen LogP contribution in [-0.2, 0) is 13.0 Å². The number of hydrogen-bond donors (Lipinski definition) is 3. The Bertz CT molecular complexity index is 1280. The molecule has 1 saturated heterocycles. The predicted molar refractivity (Wildman–Crippen MR) is 117 cm³/mol. The van der Waals surface area contributed by atoms with Crippen molar-refractivity contribution in [1.82, 2.24) is 20.2 Å². The Morgan fingerprint density at radius 1 is 1.33 bits per heavy atom. The fourth-order valence-corrected chi connectivity index (χ4v) is 3.86.